The van der Waals surface area contributed by atoms with Gasteiger partial charge in [0.05, 0.1) is 5.69 Å². The van der Waals surface area contributed by atoms with Crippen molar-refractivity contribution in [2.45, 2.75) is 6.10 Å². The Balaban J connectivity index is 2.88. The predicted octanol–water partition coefficient (Wildman–Crippen LogP) is 0.249. The third kappa shape index (κ3) is 1.76. The molecule has 1 aromatic rings. The molecule has 0 amide bonds. The van der Waals surface area contributed by atoms with E-state index in [1.165, 1.54) is 25.7 Å². The highest BCUT2D eigenvalue weighted by Gasteiger charge is 2.19. The molecular weight excluding hydrogens is 160 g/mol. The summed E-state index contributed by atoms with van der Waals surface area (Å²) in [5.41, 5.74) is 0.347. The van der Waals surface area contributed by atoms with Crippen LogP contribution in [0.3, 0.4) is 0 Å². The van der Waals surface area contributed by atoms with Gasteiger partial charge in [-0.05, 0) is 6.07 Å². The fourth-order valence-corrected chi connectivity index (χ4v) is 0.804. The van der Waals surface area contributed by atoms with Crippen molar-refractivity contribution < 1.29 is 14.6 Å². The molecule has 12 heavy (non-hydrogen) atoms. The lowest BCUT2D eigenvalue weighted by atomic mass is 10.2. The summed E-state index contributed by atoms with van der Waals surface area (Å²) < 4.78 is 4.71. The number of hydrogen-bond donors (Lipinski definition) is 1. The van der Waals surface area contributed by atoms with Gasteiger partial charge < -0.3 is 9.84 Å². The third-order valence-corrected chi connectivity index (χ3v) is 1.33. The Morgan fingerprint density at radius 2 is 2.50 bits per heavy atom. The van der Waals surface area contributed by atoms with Crippen LogP contribution in [0.4, 0.5) is 0 Å². The van der Waals surface area contributed by atoms with E-state index in [-0.39, 0.29) is 0 Å². The molecule has 0 aliphatic rings. The SMILES string of the molecule is CO[C@@H](C(=O)O)c1ccncn1. The molecular formula is C7H8N2O3. The molecule has 0 aliphatic carbocycles. The van der Waals surface area contributed by atoms with Gasteiger partial charge in [-0.1, -0.05) is 0 Å². The lowest BCUT2D eigenvalue weighted by Crippen LogP contribution is -2.14. The van der Waals surface area contributed by atoms with Crippen LogP contribution in [0.2, 0.25) is 0 Å². The van der Waals surface area contributed by atoms with E-state index in [1.807, 2.05) is 0 Å². The van der Waals surface area contributed by atoms with Crippen LogP contribution in [0.15, 0.2) is 18.6 Å². The summed E-state index contributed by atoms with van der Waals surface area (Å²) in [6.07, 6.45) is 1.75. The summed E-state index contributed by atoms with van der Waals surface area (Å²) in [4.78, 5) is 18.0. The molecule has 1 rings (SSSR count). The third-order valence-electron chi connectivity index (χ3n) is 1.33. The molecule has 1 heterocycles. The van der Waals surface area contributed by atoms with E-state index in [4.69, 9.17) is 9.84 Å². The topological polar surface area (TPSA) is 72.3 Å². The Kier molecular flexibility index (Phi) is 2.71. The molecule has 1 atom stereocenters. The molecule has 0 fully saturated rings. The van der Waals surface area contributed by atoms with Crippen molar-refractivity contribution in [3.8, 4) is 0 Å². The largest absolute Gasteiger partial charge is 0.479 e. The first-order valence-corrected chi connectivity index (χ1v) is 3.27. The second-order valence-electron chi connectivity index (χ2n) is 2.09. The number of nitrogens with zero attached hydrogens (tertiary/aromatic N) is 2. The summed E-state index contributed by atoms with van der Waals surface area (Å²) in [6.45, 7) is 0. The van der Waals surface area contributed by atoms with E-state index in [9.17, 15) is 4.79 Å². The van der Waals surface area contributed by atoms with Crippen molar-refractivity contribution in [3.05, 3.63) is 24.3 Å². The molecule has 5 heteroatoms. The number of methoxy groups -OCH3 is 1. The van der Waals surface area contributed by atoms with Gasteiger partial charge in [0, 0.05) is 13.3 Å². The summed E-state index contributed by atoms with van der Waals surface area (Å²) in [5.74, 6) is -1.06. The van der Waals surface area contributed by atoms with E-state index >= 15 is 0 Å². The number of hydrogen-bond acceptors (Lipinski definition) is 4. The van der Waals surface area contributed by atoms with Crippen molar-refractivity contribution in [1.82, 2.24) is 9.97 Å². The molecule has 0 bridgehead atoms. The Morgan fingerprint density at radius 3 is 2.92 bits per heavy atom. The maximum absolute atomic E-state index is 10.5. The first-order chi connectivity index (χ1) is 5.75. The molecule has 0 unspecified atom stereocenters. The van der Waals surface area contributed by atoms with Crippen LogP contribution < -0.4 is 0 Å². The number of ether oxygens (including phenoxy) is 1. The zero-order chi connectivity index (χ0) is 8.97. The van der Waals surface area contributed by atoms with Crippen molar-refractivity contribution in [3.63, 3.8) is 0 Å². The number of rotatable bonds is 3. The van der Waals surface area contributed by atoms with E-state index in [2.05, 4.69) is 9.97 Å². The standard InChI is InChI=1S/C7H8N2O3/c1-12-6(7(10)11)5-2-3-8-4-9-5/h2-4,6H,1H3,(H,10,11)/t6-/m1/s1. The van der Waals surface area contributed by atoms with E-state index < -0.39 is 12.1 Å². The number of aliphatic carboxylic acids is 1. The summed E-state index contributed by atoms with van der Waals surface area (Å²) in [5, 5.41) is 8.64. The van der Waals surface area contributed by atoms with Crippen LogP contribution in [0, 0.1) is 0 Å². The van der Waals surface area contributed by atoms with Gasteiger partial charge in [0.2, 0.25) is 0 Å². The van der Waals surface area contributed by atoms with Gasteiger partial charge in [0.25, 0.3) is 0 Å². The zero-order valence-electron chi connectivity index (χ0n) is 6.47. The second kappa shape index (κ2) is 3.77. The Labute approximate surface area is 69.0 Å². The maximum atomic E-state index is 10.5. The minimum absolute atomic E-state index is 0.347. The number of carbonyl (C=O) groups is 1. The van der Waals surface area contributed by atoms with Crippen molar-refractivity contribution in [2.24, 2.45) is 0 Å². The number of aromatic nitrogens is 2. The van der Waals surface area contributed by atoms with Gasteiger partial charge in [-0.2, -0.15) is 0 Å². The van der Waals surface area contributed by atoms with Crippen LogP contribution >= 0.6 is 0 Å². The fraction of sp³-hybridized carbons (Fsp3) is 0.286. The average Bonchev–Trinajstić information content (AvgIpc) is 2.07. The molecule has 0 radical (unpaired) electrons. The molecule has 64 valence electrons. The highest BCUT2D eigenvalue weighted by atomic mass is 16.5. The average molecular weight is 168 g/mol. The minimum Gasteiger partial charge on any atom is -0.479 e. The monoisotopic (exact) mass is 168 g/mol. The zero-order valence-corrected chi connectivity index (χ0v) is 6.47. The fourth-order valence-electron chi connectivity index (χ4n) is 0.804. The van der Waals surface area contributed by atoms with Gasteiger partial charge >= 0.3 is 5.97 Å². The second-order valence-corrected chi connectivity index (χ2v) is 2.09. The van der Waals surface area contributed by atoms with E-state index in [1.54, 1.807) is 0 Å². The van der Waals surface area contributed by atoms with Gasteiger partial charge in [0.1, 0.15) is 6.33 Å². The number of carboxylic acid groups (broad SMARTS) is 1. The molecule has 1 aromatic heterocycles. The quantitative estimate of drug-likeness (QED) is 0.700. The predicted molar refractivity (Wildman–Crippen MR) is 39.4 cm³/mol. The highest BCUT2D eigenvalue weighted by molar-refractivity contribution is 5.73. The van der Waals surface area contributed by atoms with E-state index in [0.29, 0.717) is 5.69 Å². The van der Waals surface area contributed by atoms with Gasteiger partial charge in [-0.3, -0.25) is 0 Å². The summed E-state index contributed by atoms with van der Waals surface area (Å²) >= 11 is 0. The van der Waals surface area contributed by atoms with Crippen LogP contribution in [-0.4, -0.2) is 28.2 Å². The first-order valence-electron chi connectivity index (χ1n) is 3.27. The molecule has 0 aliphatic heterocycles. The highest BCUT2D eigenvalue weighted by Crippen LogP contribution is 2.11. The van der Waals surface area contributed by atoms with Crippen LogP contribution in [-0.2, 0) is 9.53 Å². The Hall–Kier alpha value is -1.49. The Bertz CT molecular complexity index is 263. The molecule has 0 spiro atoms. The first kappa shape index (κ1) is 8.61. The number of carboxylic acids is 1. The van der Waals surface area contributed by atoms with Gasteiger partial charge in [-0.25, -0.2) is 14.8 Å². The van der Waals surface area contributed by atoms with Crippen LogP contribution in [0.25, 0.3) is 0 Å². The van der Waals surface area contributed by atoms with Crippen molar-refractivity contribution >= 4 is 5.97 Å². The van der Waals surface area contributed by atoms with Crippen LogP contribution in [0.1, 0.15) is 11.8 Å². The Morgan fingerprint density at radius 1 is 1.75 bits per heavy atom. The maximum Gasteiger partial charge on any atom is 0.339 e. The van der Waals surface area contributed by atoms with Crippen molar-refractivity contribution in [1.29, 1.82) is 0 Å². The lowest BCUT2D eigenvalue weighted by Gasteiger charge is -2.07. The smallest absolute Gasteiger partial charge is 0.339 e. The molecule has 0 saturated heterocycles. The molecule has 0 aromatic carbocycles. The summed E-state index contributed by atoms with van der Waals surface area (Å²) in [7, 11) is 1.32. The minimum atomic E-state index is -1.06. The summed E-state index contributed by atoms with van der Waals surface area (Å²) in [6, 6.07) is 1.50. The molecule has 5 nitrogen and oxygen atoms in total. The van der Waals surface area contributed by atoms with Gasteiger partial charge in [-0.15, -0.1) is 0 Å². The normalized spacial score (nSPS) is 12.4. The molecule has 1 N–H and O–H groups in total. The van der Waals surface area contributed by atoms with E-state index in [0.717, 1.165) is 0 Å². The molecule has 0 saturated carbocycles. The lowest BCUT2D eigenvalue weighted by molar-refractivity contribution is -0.149. The van der Waals surface area contributed by atoms with Gasteiger partial charge in [0.15, 0.2) is 6.10 Å². The van der Waals surface area contributed by atoms with Crippen LogP contribution in [0.5, 0.6) is 0 Å². The van der Waals surface area contributed by atoms with Crippen molar-refractivity contribution in [2.75, 3.05) is 7.11 Å².